The van der Waals surface area contributed by atoms with Gasteiger partial charge in [-0.3, -0.25) is 10.1 Å². The zero-order valence-corrected chi connectivity index (χ0v) is 11.5. The van der Waals surface area contributed by atoms with E-state index in [4.69, 9.17) is 4.74 Å². The van der Waals surface area contributed by atoms with Crippen molar-refractivity contribution in [3.63, 3.8) is 0 Å². The van der Waals surface area contributed by atoms with E-state index in [-0.39, 0.29) is 6.61 Å². The monoisotopic (exact) mass is 264 g/mol. The van der Waals surface area contributed by atoms with Crippen LogP contribution in [0.5, 0.6) is 5.75 Å². The van der Waals surface area contributed by atoms with Gasteiger partial charge in [0.15, 0.2) is 6.61 Å². The van der Waals surface area contributed by atoms with Crippen molar-refractivity contribution in [1.82, 2.24) is 10.6 Å². The van der Waals surface area contributed by atoms with Crippen LogP contribution >= 0.6 is 0 Å². The van der Waals surface area contributed by atoms with Crippen molar-refractivity contribution in [1.29, 1.82) is 0 Å². The standard InChI is InChI=1S/C14H20N2O3/c1-4-15-14(18)16-13(17)9-19-12-7-5-6-11(8-12)10(2)3/h5-8,10H,4,9H2,1-3H3,(H2,15,16,17,18). The maximum Gasteiger partial charge on any atom is 0.321 e. The zero-order valence-electron chi connectivity index (χ0n) is 11.5. The van der Waals surface area contributed by atoms with Crippen LogP contribution in [0.15, 0.2) is 24.3 Å². The van der Waals surface area contributed by atoms with Gasteiger partial charge in [0.1, 0.15) is 5.75 Å². The van der Waals surface area contributed by atoms with Gasteiger partial charge >= 0.3 is 6.03 Å². The summed E-state index contributed by atoms with van der Waals surface area (Å²) < 4.78 is 5.35. The van der Waals surface area contributed by atoms with Gasteiger partial charge in [0.2, 0.25) is 0 Å². The maximum absolute atomic E-state index is 11.4. The average molecular weight is 264 g/mol. The fourth-order valence-electron chi connectivity index (χ4n) is 1.48. The smallest absolute Gasteiger partial charge is 0.321 e. The Kier molecular flexibility index (Phi) is 5.85. The number of amides is 3. The highest BCUT2D eigenvalue weighted by Gasteiger charge is 2.08. The highest BCUT2D eigenvalue weighted by Crippen LogP contribution is 2.19. The molecule has 0 aliphatic heterocycles. The molecule has 5 nitrogen and oxygen atoms in total. The van der Waals surface area contributed by atoms with Crippen LogP contribution in [0.2, 0.25) is 0 Å². The van der Waals surface area contributed by atoms with Gasteiger partial charge in [-0.25, -0.2) is 4.79 Å². The molecule has 2 N–H and O–H groups in total. The van der Waals surface area contributed by atoms with E-state index in [1.165, 1.54) is 0 Å². The highest BCUT2D eigenvalue weighted by molar-refractivity contribution is 5.94. The average Bonchev–Trinajstić information content (AvgIpc) is 2.37. The first-order chi connectivity index (χ1) is 9.02. The normalized spacial score (nSPS) is 10.1. The molecule has 19 heavy (non-hydrogen) atoms. The summed E-state index contributed by atoms with van der Waals surface area (Å²) in [5.74, 6) is 0.547. The Hall–Kier alpha value is -2.04. The van der Waals surface area contributed by atoms with Gasteiger partial charge in [-0.15, -0.1) is 0 Å². The predicted octanol–water partition coefficient (Wildman–Crippen LogP) is 2.03. The molecule has 0 bridgehead atoms. The summed E-state index contributed by atoms with van der Waals surface area (Å²) in [6.07, 6.45) is 0. The first-order valence-electron chi connectivity index (χ1n) is 6.33. The number of carbonyl (C=O) groups excluding carboxylic acids is 2. The third-order valence-electron chi connectivity index (χ3n) is 2.48. The van der Waals surface area contributed by atoms with E-state index in [1.807, 2.05) is 18.2 Å². The number of rotatable bonds is 5. The van der Waals surface area contributed by atoms with E-state index in [2.05, 4.69) is 24.5 Å². The number of nitrogens with one attached hydrogen (secondary N) is 2. The molecule has 0 aliphatic carbocycles. The van der Waals surface area contributed by atoms with Crippen molar-refractivity contribution in [2.24, 2.45) is 0 Å². The zero-order chi connectivity index (χ0) is 14.3. The second kappa shape index (κ2) is 7.41. The van der Waals surface area contributed by atoms with Gasteiger partial charge in [-0.05, 0) is 30.5 Å². The van der Waals surface area contributed by atoms with Crippen LogP contribution < -0.4 is 15.4 Å². The summed E-state index contributed by atoms with van der Waals surface area (Å²) in [6, 6.07) is 7.06. The minimum Gasteiger partial charge on any atom is -0.484 e. The van der Waals surface area contributed by atoms with Crippen molar-refractivity contribution in [2.75, 3.05) is 13.2 Å². The maximum atomic E-state index is 11.4. The van der Waals surface area contributed by atoms with Crippen molar-refractivity contribution in [3.8, 4) is 5.75 Å². The molecule has 0 saturated heterocycles. The van der Waals surface area contributed by atoms with Crippen molar-refractivity contribution in [2.45, 2.75) is 26.7 Å². The molecule has 0 spiro atoms. The van der Waals surface area contributed by atoms with Gasteiger partial charge in [0, 0.05) is 6.54 Å². The van der Waals surface area contributed by atoms with Crippen LogP contribution in [0.25, 0.3) is 0 Å². The largest absolute Gasteiger partial charge is 0.484 e. The third kappa shape index (κ3) is 5.42. The molecule has 1 aromatic rings. The second-order valence-electron chi connectivity index (χ2n) is 4.42. The van der Waals surface area contributed by atoms with Crippen LogP contribution in [-0.2, 0) is 4.79 Å². The second-order valence-corrected chi connectivity index (χ2v) is 4.42. The van der Waals surface area contributed by atoms with Crippen LogP contribution in [0.1, 0.15) is 32.3 Å². The van der Waals surface area contributed by atoms with Crippen LogP contribution in [0, 0.1) is 0 Å². The lowest BCUT2D eigenvalue weighted by Crippen LogP contribution is -2.41. The minimum atomic E-state index is -0.507. The lowest BCUT2D eigenvalue weighted by molar-refractivity contribution is -0.122. The first kappa shape index (κ1) is 15.0. The summed E-state index contributed by atoms with van der Waals surface area (Å²) in [7, 11) is 0. The molecule has 104 valence electrons. The summed E-state index contributed by atoms with van der Waals surface area (Å²) in [5, 5.41) is 4.65. The Bertz CT molecular complexity index is 444. The van der Waals surface area contributed by atoms with Crippen molar-refractivity contribution >= 4 is 11.9 Å². The quantitative estimate of drug-likeness (QED) is 0.855. The van der Waals surface area contributed by atoms with E-state index < -0.39 is 11.9 Å². The Morgan fingerprint density at radius 2 is 2.05 bits per heavy atom. The van der Waals surface area contributed by atoms with E-state index in [9.17, 15) is 9.59 Å². The fourth-order valence-corrected chi connectivity index (χ4v) is 1.48. The number of imide groups is 1. The molecular weight excluding hydrogens is 244 g/mol. The summed E-state index contributed by atoms with van der Waals surface area (Å²) in [4.78, 5) is 22.5. The number of benzene rings is 1. The summed E-state index contributed by atoms with van der Waals surface area (Å²) in [5.41, 5.74) is 1.14. The number of ether oxygens (including phenoxy) is 1. The molecular formula is C14H20N2O3. The number of carbonyl (C=O) groups is 2. The molecule has 0 fully saturated rings. The molecule has 0 saturated carbocycles. The van der Waals surface area contributed by atoms with E-state index >= 15 is 0 Å². The van der Waals surface area contributed by atoms with Gasteiger partial charge < -0.3 is 10.1 Å². The predicted molar refractivity (Wildman–Crippen MR) is 73.2 cm³/mol. The fraction of sp³-hybridized carbons (Fsp3) is 0.429. The SMILES string of the molecule is CCNC(=O)NC(=O)COc1cccc(C(C)C)c1. The number of urea groups is 1. The molecule has 1 rings (SSSR count). The van der Waals surface area contributed by atoms with Crippen LogP contribution in [0.4, 0.5) is 4.79 Å². The Morgan fingerprint density at radius 3 is 2.68 bits per heavy atom. The molecule has 0 atom stereocenters. The highest BCUT2D eigenvalue weighted by atomic mass is 16.5. The van der Waals surface area contributed by atoms with Crippen LogP contribution in [-0.4, -0.2) is 25.1 Å². The Morgan fingerprint density at radius 1 is 1.32 bits per heavy atom. The topological polar surface area (TPSA) is 67.4 Å². The minimum absolute atomic E-state index is 0.182. The van der Waals surface area contributed by atoms with Gasteiger partial charge in [0.25, 0.3) is 5.91 Å². The van der Waals surface area contributed by atoms with E-state index in [0.29, 0.717) is 18.2 Å². The summed E-state index contributed by atoms with van der Waals surface area (Å²) >= 11 is 0. The molecule has 0 aliphatic rings. The number of hydrogen-bond donors (Lipinski definition) is 2. The van der Waals surface area contributed by atoms with Gasteiger partial charge in [-0.1, -0.05) is 26.0 Å². The molecule has 1 aromatic carbocycles. The summed E-state index contributed by atoms with van der Waals surface area (Å²) in [6.45, 7) is 6.23. The lowest BCUT2D eigenvalue weighted by Gasteiger charge is -2.10. The van der Waals surface area contributed by atoms with Gasteiger partial charge in [-0.2, -0.15) is 0 Å². The Labute approximate surface area is 113 Å². The molecule has 0 heterocycles. The lowest BCUT2D eigenvalue weighted by atomic mass is 10.0. The molecule has 0 radical (unpaired) electrons. The molecule has 3 amide bonds. The molecule has 0 unspecified atom stereocenters. The molecule has 5 heteroatoms. The molecule has 0 aromatic heterocycles. The van der Waals surface area contributed by atoms with Crippen molar-refractivity contribution < 1.29 is 14.3 Å². The van der Waals surface area contributed by atoms with E-state index in [1.54, 1.807) is 13.0 Å². The first-order valence-corrected chi connectivity index (χ1v) is 6.33. The Balaban J connectivity index is 2.46. The third-order valence-corrected chi connectivity index (χ3v) is 2.48. The number of hydrogen-bond acceptors (Lipinski definition) is 3. The van der Waals surface area contributed by atoms with Crippen molar-refractivity contribution in [3.05, 3.63) is 29.8 Å². The van der Waals surface area contributed by atoms with E-state index in [0.717, 1.165) is 5.56 Å². The van der Waals surface area contributed by atoms with Crippen LogP contribution in [0.3, 0.4) is 0 Å². The van der Waals surface area contributed by atoms with Gasteiger partial charge in [0.05, 0.1) is 0 Å².